The van der Waals surface area contributed by atoms with Gasteiger partial charge in [-0.3, -0.25) is 9.78 Å². The second kappa shape index (κ2) is 3.65. The van der Waals surface area contributed by atoms with Crippen molar-refractivity contribution >= 4 is 22.4 Å². The summed E-state index contributed by atoms with van der Waals surface area (Å²) >= 11 is 0. The number of aromatic nitrogens is 1. The second-order valence-corrected chi connectivity index (χ2v) is 3.23. The Balaban J connectivity index is 2.65. The van der Waals surface area contributed by atoms with Crippen LogP contribution in [0.1, 0.15) is 6.92 Å². The van der Waals surface area contributed by atoms with E-state index >= 15 is 0 Å². The van der Waals surface area contributed by atoms with E-state index in [-0.39, 0.29) is 11.7 Å². The van der Waals surface area contributed by atoms with Crippen LogP contribution in [0.5, 0.6) is 0 Å². The summed E-state index contributed by atoms with van der Waals surface area (Å²) in [5.74, 6) is -0.613. The maximum absolute atomic E-state index is 13.2. The fraction of sp³-hybridized carbons (Fsp3) is 0.0909. The van der Waals surface area contributed by atoms with E-state index in [0.29, 0.717) is 11.1 Å². The fourth-order valence-electron chi connectivity index (χ4n) is 1.47. The molecule has 0 spiro atoms. The monoisotopic (exact) mass is 204 g/mol. The van der Waals surface area contributed by atoms with Crippen LogP contribution in [0.15, 0.2) is 30.6 Å². The highest BCUT2D eigenvalue weighted by atomic mass is 19.1. The molecule has 3 nitrogen and oxygen atoms in total. The molecule has 1 aromatic heterocycles. The summed E-state index contributed by atoms with van der Waals surface area (Å²) in [6.45, 7) is 1.39. The van der Waals surface area contributed by atoms with Crippen LogP contribution >= 0.6 is 0 Å². The molecule has 0 aliphatic heterocycles. The van der Waals surface area contributed by atoms with E-state index in [2.05, 4.69) is 10.3 Å². The number of anilines is 1. The number of pyridine rings is 1. The Morgan fingerprint density at radius 3 is 3.00 bits per heavy atom. The van der Waals surface area contributed by atoms with Gasteiger partial charge >= 0.3 is 0 Å². The third kappa shape index (κ3) is 1.93. The minimum absolute atomic E-state index is 0.223. The molecule has 0 fully saturated rings. The zero-order valence-electron chi connectivity index (χ0n) is 8.12. The summed E-state index contributed by atoms with van der Waals surface area (Å²) in [6, 6.07) is 4.41. The van der Waals surface area contributed by atoms with Gasteiger partial charge in [-0.1, -0.05) is 0 Å². The Labute approximate surface area is 85.9 Å². The number of carbonyl (C=O) groups is 1. The molecule has 0 radical (unpaired) electrons. The van der Waals surface area contributed by atoms with Crippen LogP contribution in [0.25, 0.3) is 10.8 Å². The molecule has 1 heterocycles. The van der Waals surface area contributed by atoms with Crippen molar-refractivity contribution in [1.29, 1.82) is 0 Å². The number of nitrogens with zero attached hydrogens (tertiary/aromatic N) is 1. The lowest BCUT2D eigenvalue weighted by Gasteiger charge is -2.06. The summed E-state index contributed by atoms with van der Waals surface area (Å²) in [5.41, 5.74) is 0.472. The summed E-state index contributed by atoms with van der Waals surface area (Å²) in [6.07, 6.45) is 3.16. The molecule has 76 valence electrons. The van der Waals surface area contributed by atoms with Gasteiger partial charge in [0.2, 0.25) is 5.91 Å². The molecular weight excluding hydrogens is 195 g/mol. The molecule has 0 saturated carbocycles. The number of nitrogens with one attached hydrogen (secondary N) is 1. The molecule has 0 atom stereocenters. The van der Waals surface area contributed by atoms with Crippen molar-refractivity contribution < 1.29 is 9.18 Å². The predicted molar refractivity (Wildman–Crippen MR) is 56.0 cm³/mol. The van der Waals surface area contributed by atoms with E-state index in [1.165, 1.54) is 19.1 Å². The molecule has 2 aromatic rings. The van der Waals surface area contributed by atoms with Crippen LogP contribution in [0, 0.1) is 5.82 Å². The minimum atomic E-state index is -0.390. The van der Waals surface area contributed by atoms with Crippen molar-refractivity contribution in [1.82, 2.24) is 4.98 Å². The van der Waals surface area contributed by atoms with Crippen LogP contribution in [-0.4, -0.2) is 10.9 Å². The first kappa shape index (κ1) is 9.58. The third-order valence-electron chi connectivity index (χ3n) is 2.03. The number of amides is 1. The van der Waals surface area contributed by atoms with Gasteiger partial charge in [0.05, 0.1) is 5.69 Å². The number of hydrogen-bond acceptors (Lipinski definition) is 2. The van der Waals surface area contributed by atoms with E-state index in [0.717, 1.165) is 5.39 Å². The first-order chi connectivity index (χ1) is 7.16. The van der Waals surface area contributed by atoms with Crippen molar-refractivity contribution in [2.24, 2.45) is 0 Å². The summed E-state index contributed by atoms with van der Waals surface area (Å²) < 4.78 is 13.2. The molecule has 2 rings (SSSR count). The largest absolute Gasteiger partial charge is 0.326 e. The normalized spacial score (nSPS) is 10.3. The fourth-order valence-corrected chi connectivity index (χ4v) is 1.47. The predicted octanol–water partition coefficient (Wildman–Crippen LogP) is 2.33. The molecule has 0 aliphatic carbocycles. The molecular formula is C11H9FN2O. The number of halogens is 1. The van der Waals surface area contributed by atoms with Crippen molar-refractivity contribution in [3.63, 3.8) is 0 Å². The summed E-state index contributed by atoms with van der Waals surface area (Å²) in [4.78, 5) is 14.8. The number of rotatable bonds is 1. The van der Waals surface area contributed by atoms with Crippen molar-refractivity contribution in [2.75, 3.05) is 5.32 Å². The average molecular weight is 204 g/mol. The number of carbonyl (C=O) groups excluding carboxylic acids is 1. The Bertz CT molecular complexity index is 525. The van der Waals surface area contributed by atoms with Gasteiger partial charge in [0.25, 0.3) is 0 Å². The van der Waals surface area contributed by atoms with E-state index in [9.17, 15) is 9.18 Å². The Hall–Kier alpha value is -1.97. The minimum Gasteiger partial charge on any atom is -0.326 e. The summed E-state index contributed by atoms with van der Waals surface area (Å²) in [7, 11) is 0. The Morgan fingerprint density at radius 1 is 1.47 bits per heavy atom. The van der Waals surface area contributed by atoms with Gasteiger partial charge in [-0.05, 0) is 18.2 Å². The summed E-state index contributed by atoms with van der Waals surface area (Å²) in [5, 5.41) is 4.03. The highest BCUT2D eigenvalue weighted by Crippen LogP contribution is 2.23. The van der Waals surface area contributed by atoms with Gasteiger partial charge in [0, 0.05) is 30.1 Å². The lowest BCUT2D eigenvalue weighted by molar-refractivity contribution is -0.114. The van der Waals surface area contributed by atoms with Gasteiger partial charge in [-0.2, -0.15) is 0 Å². The lowest BCUT2D eigenvalue weighted by Crippen LogP contribution is -2.06. The van der Waals surface area contributed by atoms with Crippen molar-refractivity contribution in [3.8, 4) is 0 Å². The smallest absolute Gasteiger partial charge is 0.221 e. The third-order valence-corrected chi connectivity index (χ3v) is 2.03. The standard InChI is InChI=1S/C11H9FN2O/c1-7(15)14-11-5-9(12)4-8-6-13-3-2-10(8)11/h2-6H,1H3,(H,14,15). The van der Waals surface area contributed by atoms with Crippen LogP contribution in [0.3, 0.4) is 0 Å². The Morgan fingerprint density at radius 2 is 2.27 bits per heavy atom. The molecule has 0 unspecified atom stereocenters. The molecule has 0 bridgehead atoms. The molecule has 4 heteroatoms. The molecule has 0 saturated heterocycles. The molecule has 1 N–H and O–H groups in total. The van der Waals surface area contributed by atoms with Gasteiger partial charge < -0.3 is 5.32 Å². The molecule has 1 aromatic carbocycles. The van der Waals surface area contributed by atoms with Crippen molar-refractivity contribution in [2.45, 2.75) is 6.92 Å². The van der Waals surface area contributed by atoms with Crippen LogP contribution in [-0.2, 0) is 4.79 Å². The highest BCUT2D eigenvalue weighted by molar-refractivity contribution is 6.01. The quantitative estimate of drug-likeness (QED) is 0.774. The molecule has 0 aliphatic rings. The van der Waals surface area contributed by atoms with E-state index in [4.69, 9.17) is 0 Å². The first-order valence-electron chi connectivity index (χ1n) is 4.47. The first-order valence-corrected chi connectivity index (χ1v) is 4.47. The Kier molecular flexibility index (Phi) is 2.33. The van der Waals surface area contributed by atoms with E-state index in [1.807, 2.05) is 0 Å². The highest BCUT2D eigenvalue weighted by Gasteiger charge is 2.04. The maximum atomic E-state index is 13.2. The maximum Gasteiger partial charge on any atom is 0.221 e. The van der Waals surface area contributed by atoms with Crippen LogP contribution in [0.4, 0.5) is 10.1 Å². The van der Waals surface area contributed by atoms with Crippen LogP contribution < -0.4 is 5.32 Å². The molecule has 15 heavy (non-hydrogen) atoms. The van der Waals surface area contributed by atoms with Gasteiger partial charge in [-0.25, -0.2) is 4.39 Å². The SMILES string of the molecule is CC(=O)Nc1cc(F)cc2cnccc12. The van der Waals surface area contributed by atoms with Gasteiger partial charge in [0.1, 0.15) is 5.82 Å². The molecule has 1 amide bonds. The topological polar surface area (TPSA) is 42.0 Å². The van der Waals surface area contributed by atoms with Gasteiger partial charge in [0.15, 0.2) is 0 Å². The number of fused-ring (bicyclic) bond motifs is 1. The van der Waals surface area contributed by atoms with Crippen LogP contribution in [0.2, 0.25) is 0 Å². The van der Waals surface area contributed by atoms with Crippen molar-refractivity contribution in [3.05, 3.63) is 36.4 Å². The van der Waals surface area contributed by atoms with Gasteiger partial charge in [-0.15, -0.1) is 0 Å². The number of benzene rings is 1. The number of hydrogen-bond donors (Lipinski definition) is 1. The lowest BCUT2D eigenvalue weighted by atomic mass is 10.1. The van der Waals surface area contributed by atoms with E-state index in [1.54, 1.807) is 18.5 Å². The average Bonchev–Trinajstić information content (AvgIpc) is 2.16. The zero-order valence-corrected chi connectivity index (χ0v) is 8.12. The zero-order chi connectivity index (χ0) is 10.8. The second-order valence-electron chi connectivity index (χ2n) is 3.23. The van der Waals surface area contributed by atoms with E-state index < -0.39 is 0 Å².